The zero-order chi connectivity index (χ0) is 24.4. The van der Waals surface area contributed by atoms with Crippen LogP contribution in [0.2, 0.25) is 5.02 Å². The van der Waals surface area contributed by atoms with Gasteiger partial charge < -0.3 is 10.1 Å². The van der Waals surface area contributed by atoms with E-state index in [1.807, 2.05) is 42.5 Å². The Hall–Kier alpha value is -3.54. The molecular formula is C29H22ClNO3S. The highest BCUT2D eigenvalue weighted by molar-refractivity contribution is 7.80. The van der Waals surface area contributed by atoms with Gasteiger partial charge in [-0.1, -0.05) is 90.5 Å². The van der Waals surface area contributed by atoms with Crippen molar-refractivity contribution in [2.24, 2.45) is 0 Å². The minimum Gasteiger partial charge on any atom is -0.449 e. The summed E-state index contributed by atoms with van der Waals surface area (Å²) in [4.78, 5) is 24.9. The van der Waals surface area contributed by atoms with E-state index in [1.54, 1.807) is 18.2 Å². The Bertz CT molecular complexity index is 1390. The number of benzene rings is 4. The van der Waals surface area contributed by atoms with Gasteiger partial charge in [-0.2, -0.15) is 0 Å². The second kappa shape index (κ2) is 9.98. The number of halogens is 1. The highest BCUT2D eigenvalue weighted by atomic mass is 35.5. The van der Waals surface area contributed by atoms with Gasteiger partial charge in [0.1, 0.15) is 6.61 Å². The van der Waals surface area contributed by atoms with E-state index < -0.39 is 6.09 Å². The monoisotopic (exact) mass is 499 g/mol. The molecule has 0 spiro atoms. The van der Waals surface area contributed by atoms with Crippen LogP contribution in [0.25, 0.3) is 22.3 Å². The van der Waals surface area contributed by atoms with Gasteiger partial charge in [-0.3, -0.25) is 4.79 Å². The van der Waals surface area contributed by atoms with Crippen LogP contribution in [0.3, 0.4) is 0 Å². The van der Waals surface area contributed by atoms with Gasteiger partial charge in [0, 0.05) is 28.5 Å². The Morgan fingerprint density at radius 2 is 1.49 bits per heavy atom. The number of hydrogen-bond acceptors (Lipinski definition) is 4. The Kier molecular flexibility index (Phi) is 6.62. The maximum Gasteiger partial charge on any atom is 0.407 e. The van der Waals surface area contributed by atoms with Crippen LogP contribution >= 0.6 is 24.2 Å². The maximum atomic E-state index is 12.7. The highest BCUT2D eigenvalue weighted by Gasteiger charge is 2.29. The first-order valence-electron chi connectivity index (χ1n) is 11.2. The molecule has 0 aliphatic heterocycles. The summed E-state index contributed by atoms with van der Waals surface area (Å²) >= 11 is 11.0. The molecule has 0 heterocycles. The van der Waals surface area contributed by atoms with Crippen molar-refractivity contribution in [3.8, 4) is 22.3 Å². The SMILES string of the molecule is O=Cc1ccccc1-c1c(CNC(=O)OCC2c3ccccc3-c3ccccc32)ccc(S)c1Cl. The number of carbonyl (C=O) groups excluding carboxylic acids is 2. The summed E-state index contributed by atoms with van der Waals surface area (Å²) in [5, 5.41) is 3.26. The topological polar surface area (TPSA) is 55.4 Å². The summed E-state index contributed by atoms with van der Waals surface area (Å²) < 4.78 is 5.65. The van der Waals surface area contributed by atoms with Crippen LogP contribution in [0, 0.1) is 0 Å². The summed E-state index contributed by atoms with van der Waals surface area (Å²) in [6.07, 6.45) is 0.270. The van der Waals surface area contributed by atoms with Gasteiger partial charge in [0.05, 0.1) is 5.02 Å². The highest BCUT2D eigenvalue weighted by Crippen LogP contribution is 2.44. The molecule has 35 heavy (non-hydrogen) atoms. The molecule has 174 valence electrons. The van der Waals surface area contributed by atoms with Gasteiger partial charge in [-0.25, -0.2) is 4.79 Å². The standard InChI is InChI=1S/C29H22ClNO3S/c30-28-26(35)14-13-18(27(28)20-8-2-1-7-19(20)16-32)15-31-29(33)34-17-25-23-11-5-3-9-21(23)22-10-4-6-12-24(22)25/h1-14,16,25,35H,15,17H2,(H,31,33). The number of thiol groups is 1. The summed E-state index contributed by atoms with van der Waals surface area (Å²) in [6.45, 7) is 0.421. The molecule has 1 aliphatic carbocycles. The molecule has 0 bridgehead atoms. The average Bonchev–Trinajstić information content (AvgIpc) is 3.22. The van der Waals surface area contributed by atoms with Crippen molar-refractivity contribution in [2.45, 2.75) is 17.4 Å². The molecule has 4 aromatic carbocycles. The van der Waals surface area contributed by atoms with E-state index >= 15 is 0 Å². The number of ether oxygens (including phenoxy) is 1. The van der Waals surface area contributed by atoms with Crippen LogP contribution in [0.4, 0.5) is 4.79 Å². The van der Waals surface area contributed by atoms with Crippen molar-refractivity contribution in [2.75, 3.05) is 6.61 Å². The smallest absolute Gasteiger partial charge is 0.407 e. The predicted octanol–water partition coefficient (Wildman–Crippen LogP) is 7.15. The number of rotatable bonds is 6. The molecule has 1 aliphatic rings. The second-order valence-electron chi connectivity index (χ2n) is 8.32. The van der Waals surface area contributed by atoms with Crippen LogP contribution in [0.15, 0.2) is 89.8 Å². The van der Waals surface area contributed by atoms with E-state index in [1.165, 1.54) is 11.1 Å². The molecule has 0 atom stereocenters. The van der Waals surface area contributed by atoms with Gasteiger partial charge in [0.15, 0.2) is 6.29 Å². The van der Waals surface area contributed by atoms with Crippen molar-refractivity contribution < 1.29 is 14.3 Å². The summed E-state index contributed by atoms with van der Waals surface area (Å²) in [7, 11) is 0. The number of aldehydes is 1. The normalized spacial score (nSPS) is 12.1. The van der Waals surface area contributed by atoms with Crippen molar-refractivity contribution in [1.29, 1.82) is 0 Å². The molecule has 0 radical (unpaired) electrons. The Morgan fingerprint density at radius 1 is 0.886 bits per heavy atom. The number of amides is 1. The number of nitrogens with one attached hydrogen (secondary N) is 1. The Balaban J connectivity index is 1.33. The predicted molar refractivity (Wildman–Crippen MR) is 141 cm³/mol. The molecule has 4 nitrogen and oxygen atoms in total. The first kappa shape index (κ1) is 23.2. The third kappa shape index (κ3) is 4.45. The summed E-state index contributed by atoms with van der Waals surface area (Å²) in [5.74, 6) is -0.0129. The molecule has 4 aromatic rings. The van der Waals surface area contributed by atoms with Crippen LogP contribution in [-0.2, 0) is 11.3 Å². The Morgan fingerprint density at radius 3 is 2.14 bits per heavy atom. The van der Waals surface area contributed by atoms with Gasteiger partial charge in [0.25, 0.3) is 0 Å². The minimum atomic E-state index is -0.521. The first-order valence-corrected chi connectivity index (χ1v) is 12.0. The molecule has 0 fully saturated rings. The van der Waals surface area contributed by atoms with E-state index in [0.717, 1.165) is 23.0 Å². The van der Waals surface area contributed by atoms with Crippen LogP contribution in [0.1, 0.15) is 33.0 Å². The first-order chi connectivity index (χ1) is 17.1. The van der Waals surface area contributed by atoms with Crippen LogP contribution < -0.4 is 5.32 Å². The molecule has 1 N–H and O–H groups in total. The van der Waals surface area contributed by atoms with E-state index in [2.05, 4.69) is 42.2 Å². The molecule has 6 heteroatoms. The largest absolute Gasteiger partial charge is 0.449 e. The molecule has 0 aromatic heterocycles. The fraction of sp³-hybridized carbons (Fsp3) is 0.103. The van der Waals surface area contributed by atoms with Crippen molar-refractivity contribution >= 4 is 36.6 Å². The number of carbonyl (C=O) groups is 2. The van der Waals surface area contributed by atoms with Crippen molar-refractivity contribution in [3.05, 3.63) is 112 Å². The van der Waals surface area contributed by atoms with Gasteiger partial charge >= 0.3 is 6.09 Å². The zero-order valence-electron chi connectivity index (χ0n) is 18.7. The summed E-state index contributed by atoms with van der Waals surface area (Å²) in [5.41, 5.74) is 7.30. The number of hydrogen-bond donors (Lipinski definition) is 2. The summed E-state index contributed by atoms with van der Waals surface area (Å²) in [6, 6.07) is 27.2. The van der Waals surface area contributed by atoms with Gasteiger partial charge in [-0.05, 0) is 39.4 Å². The molecular weight excluding hydrogens is 478 g/mol. The quantitative estimate of drug-likeness (QED) is 0.219. The molecule has 0 unspecified atom stereocenters. The van der Waals surface area contributed by atoms with Crippen LogP contribution in [0.5, 0.6) is 0 Å². The van der Waals surface area contributed by atoms with E-state index in [-0.39, 0.29) is 19.1 Å². The maximum absolute atomic E-state index is 12.7. The molecule has 0 saturated carbocycles. The van der Waals surface area contributed by atoms with Crippen molar-refractivity contribution in [1.82, 2.24) is 5.32 Å². The van der Waals surface area contributed by atoms with E-state index in [0.29, 0.717) is 26.6 Å². The number of alkyl carbamates (subject to hydrolysis) is 1. The molecule has 1 amide bonds. The van der Waals surface area contributed by atoms with E-state index in [9.17, 15) is 9.59 Å². The average molecular weight is 500 g/mol. The minimum absolute atomic E-state index is 0.0129. The number of fused-ring (bicyclic) bond motifs is 3. The third-order valence-electron chi connectivity index (χ3n) is 6.33. The molecule has 0 saturated heterocycles. The van der Waals surface area contributed by atoms with Crippen molar-refractivity contribution in [3.63, 3.8) is 0 Å². The lowest BCUT2D eigenvalue weighted by Gasteiger charge is -2.17. The fourth-order valence-electron chi connectivity index (χ4n) is 4.69. The Labute approximate surface area is 214 Å². The third-order valence-corrected chi connectivity index (χ3v) is 7.23. The van der Waals surface area contributed by atoms with Gasteiger partial charge in [-0.15, -0.1) is 12.6 Å². The van der Waals surface area contributed by atoms with E-state index in [4.69, 9.17) is 16.3 Å². The lowest BCUT2D eigenvalue weighted by molar-refractivity contribution is 0.112. The fourth-order valence-corrected chi connectivity index (χ4v) is 5.16. The molecule has 5 rings (SSSR count). The van der Waals surface area contributed by atoms with Gasteiger partial charge in [0.2, 0.25) is 0 Å². The lowest BCUT2D eigenvalue weighted by Crippen LogP contribution is -2.26. The zero-order valence-corrected chi connectivity index (χ0v) is 20.4. The second-order valence-corrected chi connectivity index (χ2v) is 9.18. The van der Waals surface area contributed by atoms with Crippen LogP contribution in [-0.4, -0.2) is 19.0 Å². The lowest BCUT2D eigenvalue weighted by atomic mass is 9.95.